The lowest BCUT2D eigenvalue weighted by atomic mass is 10.1. The molecule has 0 aliphatic carbocycles. The number of aryl methyl sites for hydroxylation is 1. The third-order valence-electron chi connectivity index (χ3n) is 3.91. The number of benzene rings is 1. The van der Waals surface area contributed by atoms with E-state index in [4.69, 9.17) is 14.0 Å². The Morgan fingerprint density at radius 3 is 2.54 bits per heavy atom. The van der Waals surface area contributed by atoms with Gasteiger partial charge in [-0.05, 0) is 37.3 Å². The summed E-state index contributed by atoms with van der Waals surface area (Å²) in [6, 6.07) is 10.6. The number of hydrogen-bond donors (Lipinski definition) is 0. The number of aromatic nitrogens is 2. The Labute approximate surface area is 150 Å². The molecule has 3 rings (SSSR count). The zero-order chi connectivity index (χ0) is 18.7. The van der Waals surface area contributed by atoms with Crippen molar-refractivity contribution in [2.75, 3.05) is 7.11 Å². The molecule has 0 saturated heterocycles. The molecule has 7 heteroatoms. The maximum absolute atomic E-state index is 12.2. The highest BCUT2D eigenvalue weighted by molar-refractivity contribution is 5.97. The normalized spacial score (nSPS) is 10.6. The van der Waals surface area contributed by atoms with Crippen LogP contribution >= 0.6 is 0 Å². The Hall–Kier alpha value is -3.35. The summed E-state index contributed by atoms with van der Waals surface area (Å²) in [6.07, 6.45) is 1.59. The number of Topliss-reactive ketones (excluding diaryl/α,β-unsaturated/α-hetero) is 1. The first-order valence-electron chi connectivity index (χ1n) is 7.92. The zero-order valence-electron chi connectivity index (χ0n) is 14.7. The van der Waals surface area contributed by atoms with Gasteiger partial charge in [0, 0.05) is 30.4 Å². The summed E-state index contributed by atoms with van der Waals surface area (Å²) >= 11 is 0. The second-order valence-electron chi connectivity index (χ2n) is 5.76. The van der Waals surface area contributed by atoms with Crippen LogP contribution in [0.3, 0.4) is 0 Å². The van der Waals surface area contributed by atoms with Gasteiger partial charge in [-0.15, -0.1) is 0 Å². The quantitative estimate of drug-likeness (QED) is 0.499. The van der Waals surface area contributed by atoms with Crippen LogP contribution in [0.15, 0.2) is 47.1 Å². The Morgan fingerprint density at radius 1 is 1.19 bits per heavy atom. The third kappa shape index (κ3) is 3.66. The number of esters is 1. The molecule has 3 aromatic rings. The Morgan fingerprint density at radius 2 is 1.92 bits per heavy atom. The molecule has 0 aliphatic rings. The molecule has 0 spiro atoms. The van der Waals surface area contributed by atoms with E-state index in [-0.39, 0.29) is 12.4 Å². The van der Waals surface area contributed by atoms with Crippen LogP contribution in [-0.2, 0) is 18.4 Å². The van der Waals surface area contributed by atoms with E-state index < -0.39 is 5.97 Å². The number of nitrogens with zero attached hydrogens (tertiary/aromatic N) is 2. The number of ketones is 1. The second kappa shape index (κ2) is 7.26. The van der Waals surface area contributed by atoms with Crippen LogP contribution < -0.4 is 4.74 Å². The fourth-order valence-electron chi connectivity index (χ4n) is 2.45. The molecule has 0 atom stereocenters. The van der Waals surface area contributed by atoms with E-state index in [0.717, 1.165) is 11.3 Å². The van der Waals surface area contributed by atoms with E-state index in [1.165, 1.54) is 13.0 Å². The molecule has 7 nitrogen and oxygen atoms in total. The zero-order valence-corrected chi connectivity index (χ0v) is 14.7. The Kier molecular flexibility index (Phi) is 4.88. The van der Waals surface area contributed by atoms with Crippen LogP contribution in [-0.4, -0.2) is 28.6 Å². The van der Waals surface area contributed by atoms with E-state index in [0.29, 0.717) is 22.7 Å². The summed E-state index contributed by atoms with van der Waals surface area (Å²) in [4.78, 5) is 23.6. The van der Waals surface area contributed by atoms with Gasteiger partial charge in [-0.25, -0.2) is 4.79 Å². The number of hydrogen-bond acceptors (Lipinski definition) is 6. The van der Waals surface area contributed by atoms with Crippen molar-refractivity contribution < 1.29 is 23.6 Å². The average Bonchev–Trinajstić information content (AvgIpc) is 3.26. The summed E-state index contributed by atoms with van der Waals surface area (Å²) in [6.45, 7) is 1.39. The summed E-state index contributed by atoms with van der Waals surface area (Å²) in [7, 11) is 3.28. The smallest absolute Gasteiger partial charge is 0.355 e. The van der Waals surface area contributed by atoms with E-state index >= 15 is 0 Å². The molecule has 0 aliphatic heterocycles. The van der Waals surface area contributed by atoms with Crippen molar-refractivity contribution >= 4 is 11.8 Å². The van der Waals surface area contributed by atoms with E-state index in [2.05, 4.69) is 5.16 Å². The van der Waals surface area contributed by atoms with Crippen LogP contribution in [0.1, 0.15) is 33.5 Å². The molecule has 0 unspecified atom stereocenters. The minimum Gasteiger partial charge on any atom is -0.497 e. The predicted octanol–water partition coefficient (Wildman–Crippen LogP) is 3.25. The molecule has 0 saturated carbocycles. The molecule has 2 aromatic heterocycles. The fraction of sp³-hybridized carbons (Fsp3) is 0.211. The van der Waals surface area contributed by atoms with Gasteiger partial charge in [0.2, 0.25) is 0 Å². The van der Waals surface area contributed by atoms with Crippen LogP contribution in [0.5, 0.6) is 5.75 Å². The van der Waals surface area contributed by atoms with Crippen molar-refractivity contribution in [2.24, 2.45) is 7.05 Å². The average molecular weight is 354 g/mol. The molecular weight excluding hydrogens is 336 g/mol. The van der Waals surface area contributed by atoms with Crippen molar-refractivity contribution in [3.63, 3.8) is 0 Å². The topological polar surface area (TPSA) is 83.6 Å². The lowest BCUT2D eigenvalue weighted by molar-refractivity contribution is 0.0426. The minimum atomic E-state index is -0.539. The molecule has 0 radical (unpaired) electrons. The number of methoxy groups -OCH3 is 1. The van der Waals surface area contributed by atoms with E-state index in [9.17, 15) is 9.59 Å². The lowest BCUT2D eigenvalue weighted by Gasteiger charge is -2.02. The monoisotopic (exact) mass is 354 g/mol. The standard InChI is InChI=1S/C19H18N2O5/c1-12(22)14-8-18(21(2)10-14)19(23)25-11-16-9-17(20-26-16)13-4-6-15(24-3)7-5-13/h4-10H,11H2,1-3H3. The van der Waals surface area contributed by atoms with Gasteiger partial charge in [0.15, 0.2) is 18.2 Å². The largest absolute Gasteiger partial charge is 0.497 e. The van der Waals surface area contributed by atoms with Gasteiger partial charge in [0.05, 0.1) is 7.11 Å². The van der Waals surface area contributed by atoms with Gasteiger partial charge in [-0.3, -0.25) is 4.79 Å². The maximum atomic E-state index is 12.2. The summed E-state index contributed by atoms with van der Waals surface area (Å²) < 4.78 is 17.1. The summed E-state index contributed by atoms with van der Waals surface area (Å²) in [5.74, 6) is 0.519. The first kappa shape index (κ1) is 17.5. The SMILES string of the molecule is COc1ccc(-c2cc(COC(=O)c3cc(C(C)=O)cn3C)on2)cc1. The molecule has 0 amide bonds. The van der Waals surface area contributed by atoms with Crippen molar-refractivity contribution in [1.82, 2.24) is 9.72 Å². The number of carbonyl (C=O) groups is 2. The third-order valence-corrected chi connectivity index (χ3v) is 3.91. The molecular formula is C19H18N2O5. The number of rotatable bonds is 6. The highest BCUT2D eigenvalue weighted by Crippen LogP contribution is 2.22. The van der Waals surface area contributed by atoms with Gasteiger partial charge in [-0.1, -0.05) is 5.16 Å². The first-order valence-corrected chi connectivity index (χ1v) is 7.92. The molecule has 0 fully saturated rings. The van der Waals surface area contributed by atoms with Crippen LogP contribution in [0, 0.1) is 0 Å². The van der Waals surface area contributed by atoms with Gasteiger partial charge < -0.3 is 18.6 Å². The first-order chi connectivity index (χ1) is 12.5. The van der Waals surface area contributed by atoms with E-state index in [1.807, 2.05) is 24.3 Å². The van der Waals surface area contributed by atoms with E-state index in [1.54, 1.807) is 31.0 Å². The van der Waals surface area contributed by atoms with Crippen LogP contribution in [0.4, 0.5) is 0 Å². The molecule has 0 N–H and O–H groups in total. The van der Waals surface area contributed by atoms with Crippen molar-refractivity contribution in [2.45, 2.75) is 13.5 Å². The van der Waals surface area contributed by atoms with Crippen molar-refractivity contribution in [3.05, 3.63) is 59.6 Å². The van der Waals surface area contributed by atoms with Gasteiger partial charge in [-0.2, -0.15) is 0 Å². The van der Waals surface area contributed by atoms with Gasteiger partial charge in [0.25, 0.3) is 0 Å². The highest BCUT2D eigenvalue weighted by atomic mass is 16.5. The maximum Gasteiger partial charge on any atom is 0.355 e. The molecule has 1 aromatic carbocycles. The molecule has 134 valence electrons. The molecule has 26 heavy (non-hydrogen) atoms. The van der Waals surface area contributed by atoms with Crippen molar-refractivity contribution in [1.29, 1.82) is 0 Å². The minimum absolute atomic E-state index is 0.0530. The highest BCUT2D eigenvalue weighted by Gasteiger charge is 2.16. The molecule has 0 bridgehead atoms. The predicted molar refractivity (Wildman–Crippen MR) is 93.0 cm³/mol. The second-order valence-corrected chi connectivity index (χ2v) is 5.76. The van der Waals surface area contributed by atoms with Crippen LogP contribution in [0.2, 0.25) is 0 Å². The number of carbonyl (C=O) groups excluding carboxylic acids is 2. The van der Waals surface area contributed by atoms with Crippen molar-refractivity contribution in [3.8, 4) is 17.0 Å². The Balaban J connectivity index is 1.66. The molecule has 2 heterocycles. The number of ether oxygens (including phenoxy) is 2. The van der Waals surface area contributed by atoms with Crippen LogP contribution in [0.25, 0.3) is 11.3 Å². The lowest BCUT2D eigenvalue weighted by Crippen LogP contribution is -2.09. The van der Waals surface area contributed by atoms with Gasteiger partial charge in [0.1, 0.15) is 17.1 Å². The van der Waals surface area contributed by atoms with Gasteiger partial charge >= 0.3 is 5.97 Å². The summed E-state index contributed by atoms with van der Waals surface area (Å²) in [5, 5.41) is 3.98. The Bertz CT molecular complexity index is 937. The summed E-state index contributed by atoms with van der Waals surface area (Å²) in [5.41, 5.74) is 2.25. The fourth-order valence-corrected chi connectivity index (χ4v) is 2.45.